The molecule has 1 heterocycles. The SMILES string of the molecule is CCCNC(c1ccc([N+](=O)[O-])o1)c1ccc(C)cc1C. The molecule has 0 spiro atoms. The van der Waals surface area contributed by atoms with E-state index < -0.39 is 4.92 Å². The van der Waals surface area contributed by atoms with Gasteiger partial charge in [0.2, 0.25) is 0 Å². The van der Waals surface area contributed by atoms with Crippen LogP contribution in [0.25, 0.3) is 0 Å². The molecule has 1 unspecified atom stereocenters. The number of benzene rings is 1. The summed E-state index contributed by atoms with van der Waals surface area (Å²) < 4.78 is 5.38. The van der Waals surface area contributed by atoms with E-state index >= 15 is 0 Å². The second-order valence-corrected chi connectivity index (χ2v) is 5.18. The van der Waals surface area contributed by atoms with E-state index in [4.69, 9.17) is 4.42 Å². The highest BCUT2D eigenvalue weighted by Crippen LogP contribution is 2.29. The van der Waals surface area contributed by atoms with Gasteiger partial charge in [-0.1, -0.05) is 30.7 Å². The first kappa shape index (κ1) is 15.3. The van der Waals surface area contributed by atoms with Crippen molar-refractivity contribution in [3.05, 3.63) is 62.9 Å². The highest BCUT2D eigenvalue weighted by atomic mass is 16.6. The van der Waals surface area contributed by atoms with Crippen molar-refractivity contribution < 1.29 is 9.34 Å². The molecule has 0 aliphatic heterocycles. The van der Waals surface area contributed by atoms with Gasteiger partial charge in [-0.2, -0.15) is 0 Å². The first-order chi connectivity index (χ1) is 10.0. The summed E-state index contributed by atoms with van der Waals surface area (Å²) in [4.78, 5) is 10.3. The Morgan fingerprint density at radius 2 is 2.05 bits per heavy atom. The molecule has 2 rings (SSSR count). The molecule has 0 aliphatic carbocycles. The minimum Gasteiger partial charge on any atom is -0.404 e. The summed E-state index contributed by atoms with van der Waals surface area (Å²) in [6, 6.07) is 9.10. The van der Waals surface area contributed by atoms with Gasteiger partial charge in [-0.3, -0.25) is 10.1 Å². The van der Waals surface area contributed by atoms with Crippen LogP contribution in [-0.2, 0) is 0 Å². The summed E-state index contributed by atoms with van der Waals surface area (Å²) in [7, 11) is 0. The van der Waals surface area contributed by atoms with Crippen LogP contribution in [0.2, 0.25) is 0 Å². The van der Waals surface area contributed by atoms with E-state index in [-0.39, 0.29) is 11.9 Å². The second kappa shape index (κ2) is 6.54. The number of nitro groups is 1. The Kier molecular flexibility index (Phi) is 4.75. The highest BCUT2D eigenvalue weighted by molar-refractivity contribution is 5.37. The molecule has 1 aromatic carbocycles. The summed E-state index contributed by atoms with van der Waals surface area (Å²) in [6.45, 7) is 6.98. The van der Waals surface area contributed by atoms with Crippen molar-refractivity contribution in [2.45, 2.75) is 33.2 Å². The fourth-order valence-corrected chi connectivity index (χ4v) is 2.40. The molecule has 1 aromatic heterocycles. The van der Waals surface area contributed by atoms with Crippen LogP contribution in [-0.4, -0.2) is 11.5 Å². The third-order valence-corrected chi connectivity index (χ3v) is 3.41. The van der Waals surface area contributed by atoms with Gasteiger partial charge in [0.25, 0.3) is 0 Å². The van der Waals surface area contributed by atoms with Gasteiger partial charge in [0.05, 0.1) is 12.1 Å². The number of nitrogens with one attached hydrogen (secondary N) is 1. The molecule has 0 fully saturated rings. The molecule has 0 amide bonds. The van der Waals surface area contributed by atoms with Crippen LogP contribution in [0.4, 0.5) is 5.88 Å². The smallest absolute Gasteiger partial charge is 0.404 e. The number of furan rings is 1. The summed E-state index contributed by atoms with van der Waals surface area (Å²) in [5.41, 5.74) is 3.41. The molecule has 21 heavy (non-hydrogen) atoms. The van der Waals surface area contributed by atoms with Crippen molar-refractivity contribution in [3.63, 3.8) is 0 Å². The van der Waals surface area contributed by atoms with Crippen molar-refractivity contribution in [2.24, 2.45) is 0 Å². The van der Waals surface area contributed by atoms with E-state index in [0.29, 0.717) is 5.76 Å². The minimum absolute atomic E-state index is 0.167. The quantitative estimate of drug-likeness (QED) is 0.646. The largest absolute Gasteiger partial charge is 0.433 e. The summed E-state index contributed by atoms with van der Waals surface area (Å²) in [5, 5.41) is 14.2. The maximum Gasteiger partial charge on any atom is 0.433 e. The lowest BCUT2D eigenvalue weighted by molar-refractivity contribution is -0.402. The van der Waals surface area contributed by atoms with Gasteiger partial charge in [0, 0.05) is 0 Å². The van der Waals surface area contributed by atoms with Gasteiger partial charge >= 0.3 is 5.88 Å². The molecule has 0 radical (unpaired) electrons. The van der Waals surface area contributed by atoms with Crippen LogP contribution in [0.15, 0.2) is 34.7 Å². The molecule has 0 saturated heterocycles. The van der Waals surface area contributed by atoms with E-state index in [1.807, 2.05) is 26.0 Å². The second-order valence-electron chi connectivity index (χ2n) is 5.18. The van der Waals surface area contributed by atoms with E-state index in [1.54, 1.807) is 6.07 Å². The number of nitrogens with zero attached hydrogens (tertiary/aromatic N) is 1. The zero-order valence-corrected chi connectivity index (χ0v) is 12.6. The maximum atomic E-state index is 10.8. The Labute approximate surface area is 124 Å². The van der Waals surface area contributed by atoms with Crippen LogP contribution >= 0.6 is 0 Å². The number of rotatable bonds is 6. The van der Waals surface area contributed by atoms with Gasteiger partial charge in [0.1, 0.15) is 10.7 Å². The summed E-state index contributed by atoms with van der Waals surface area (Å²) in [6.07, 6.45) is 0.976. The fraction of sp³-hybridized carbons (Fsp3) is 0.375. The molecule has 1 atom stereocenters. The fourth-order valence-electron chi connectivity index (χ4n) is 2.40. The zero-order chi connectivity index (χ0) is 15.4. The van der Waals surface area contributed by atoms with Crippen molar-refractivity contribution in [1.82, 2.24) is 5.32 Å². The molecule has 1 N–H and O–H groups in total. The first-order valence-corrected chi connectivity index (χ1v) is 7.07. The van der Waals surface area contributed by atoms with Crippen LogP contribution in [0, 0.1) is 24.0 Å². The lowest BCUT2D eigenvalue weighted by Gasteiger charge is -2.19. The first-order valence-electron chi connectivity index (χ1n) is 7.07. The lowest BCUT2D eigenvalue weighted by atomic mass is 9.97. The zero-order valence-electron chi connectivity index (χ0n) is 12.6. The number of hydrogen-bond acceptors (Lipinski definition) is 4. The van der Waals surface area contributed by atoms with Crippen LogP contribution in [0.5, 0.6) is 0 Å². The van der Waals surface area contributed by atoms with Crippen molar-refractivity contribution >= 4 is 5.88 Å². The van der Waals surface area contributed by atoms with Gasteiger partial charge in [0.15, 0.2) is 0 Å². The number of aryl methyl sites for hydroxylation is 2. The van der Waals surface area contributed by atoms with Gasteiger partial charge in [-0.15, -0.1) is 0 Å². The molecular formula is C16H20N2O3. The Hall–Kier alpha value is -2.14. The Balaban J connectivity index is 2.39. The molecule has 0 saturated carbocycles. The minimum atomic E-state index is -0.512. The van der Waals surface area contributed by atoms with E-state index in [9.17, 15) is 10.1 Å². The van der Waals surface area contributed by atoms with E-state index in [1.165, 1.54) is 11.6 Å². The normalized spacial score (nSPS) is 12.3. The molecule has 0 bridgehead atoms. The van der Waals surface area contributed by atoms with Crippen LogP contribution < -0.4 is 5.32 Å². The third-order valence-electron chi connectivity index (χ3n) is 3.41. The molecular weight excluding hydrogens is 268 g/mol. The molecule has 0 aliphatic rings. The summed E-state index contributed by atoms with van der Waals surface area (Å²) in [5.74, 6) is 0.347. The standard InChI is InChI=1S/C16H20N2O3/c1-4-9-17-16(13-6-5-11(2)10-12(13)3)14-7-8-15(21-14)18(19)20/h5-8,10,16-17H,4,9H2,1-3H3. The predicted molar refractivity (Wildman–Crippen MR) is 81.4 cm³/mol. The van der Waals surface area contributed by atoms with Crippen molar-refractivity contribution in [3.8, 4) is 0 Å². The average molecular weight is 288 g/mol. The molecule has 5 nitrogen and oxygen atoms in total. The van der Waals surface area contributed by atoms with Gasteiger partial charge < -0.3 is 9.73 Å². The van der Waals surface area contributed by atoms with Crippen LogP contribution in [0.1, 0.15) is 41.8 Å². The van der Waals surface area contributed by atoms with Gasteiger partial charge in [-0.05, 0) is 44.0 Å². The van der Waals surface area contributed by atoms with Crippen molar-refractivity contribution in [2.75, 3.05) is 6.54 Å². The highest BCUT2D eigenvalue weighted by Gasteiger charge is 2.22. The van der Waals surface area contributed by atoms with E-state index in [2.05, 4.69) is 18.3 Å². The average Bonchev–Trinajstić information content (AvgIpc) is 2.91. The lowest BCUT2D eigenvalue weighted by Crippen LogP contribution is -2.23. The maximum absolute atomic E-state index is 10.8. The molecule has 5 heteroatoms. The monoisotopic (exact) mass is 288 g/mol. The third kappa shape index (κ3) is 3.49. The predicted octanol–water partition coefficient (Wildman–Crippen LogP) is 3.89. The summed E-state index contributed by atoms with van der Waals surface area (Å²) >= 11 is 0. The van der Waals surface area contributed by atoms with Crippen LogP contribution in [0.3, 0.4) is 0 Å². The number of hydrogen-bond donors (Lipinski definition) is 1. The molecule has 112 valence electrons. The Morgan fingerprint density at radius 1 is 1.29 bits per heavy atom. The van der Waals surface area contributed by atoms with Crippen molar-refractivity contribution in [1.29, 1.82) is 0 Å². The van der Waals surface area contributed by atoms with Gasteiger partial charge in [-0.25, -0.2) is 0 Å². The van der Waals surface area contributed by atoms with E-state index in [0.717, 1.165) is 24.1 Å². The Morgan fingerprint density at radius 3 is 2.62 bits per heavy atom. The topological polar surface area (TPSA) is 68.3 Å². The Bertz CT molecular complexity index is 634. The molecule has 2 aromatic rings.